The Bertz CT molecular complexity index is 1310. The summed E-state index contributed by atoms with van der Waals surface area (Å²) in [6.45, 7) is 5.51. The molecule has 3 aromatic rings. The van der Waals surface area contributed by atoms with Gasteiger partial charge in [-0.25, -0.2) is 0 Å². The van der Waals surface area contributed by atoms with Crippen LogP contribution in [0.2, 0.25) is 10.6 Å². The fourth-order valence-corrected chi connectivity index (χ4v) is 7.08. The molecule has 0 unspecified atom stereocenters. The number of aliphatic carboxylic acids is 1. The van der Waals surface area contributed by atoms with Crippen LogP contribution in [-0.4, -0.2) is 62.5 Å². The van der Waals surface area contributed by atoms with E-state index in [-0.39, 0.29) is 38.8 Å². The summed E-state index contributed by atoms with van der Waals surface area (Å²) in [5.74, 6) is -1.24. The van der Waals surface area contributed by atoms with E-state index in [9.17, 15) is 19.5 Å². The third kappa shape index (κ3) is 8.59. The van der Waals surface area contributed by atoms with E-state index in [0.29, 0.717) is 11.7 Å². The van der Waals surface area contributed by atoms with Gasteiger partial charge in [-0.15, -0.1) is 0 Å². The first-order valence-corrected chi connectivity index (χ1v) is 16.0. The Balaban J connectivity index is 1.32. The molecule has 2 atom stereocenters. The van der Waals surface area contributed by atoms with E-state index in [4.69, 9.17) is 9.47 Å². The van der Waals surface area contributed by atoms with Crippen molar-refractivity contribution in [2.24, 2.45) is 0 Å². The predicted molar refractivity (Wildman–Crippen MR) is 158 cm³/mol. The number of rotatable bonds is 11. The van der Waals surface area contributed by atoms with Gasteiger partial charge in [0, 0.05) is 0 Å². The number of fused-ring (bicyclic) bond motifs is 3. The van der Waals surface area contributed by atoms with Crippen LogP contribution in [0.4, 0.5) is 9.59 Å². The molecule has 216 valence electrons. The number of nitrogens with one attached hydrogen (secondary N) is 2. The second-order valence-electron chi connectivity index (χ2n) is 10.9. The molecule has 3 aromatic carbocycles. The van der Waals surface area contributed by atoms with Crippen molar-refractivity contribution >= 4 is 33.1 Å². The molecule has 3 N–H and O–H groups in total. The summed E-state index contributed by atoms with van der Waals surface area (Å²) in [7, 11) is 0. The zero-order chi connectivity index (χ0) is 29.4. The molecular formula is C32H36N2O6Se. The Morgan fingerprint density at radius 1 is 0.829 bits per heavy atom. The van der Waals surface area contributed by atoms with Crippen molar-refractivity contribution < 1.29 is 29.0 Å². The molecule has 0 fully saturated rings. The topological polar surface area (TPSA) is 114 Å². The molecule has 1 aliphatic carbocycles. The van der Waals surface area contributed by atoms with Crippen molar-refractivity contribution in [1.29, 1.82) is 0 Å². The number of ether oxygens (including phenoxy) is 2. The summed E-state index contributed by atoms with van der Waals surface area (Å²) in [5, 5.41) is 16.1. The molecule has 0 aromatic heterocycles. The number of amides is 2. The van der Waals surface area contributed by atoms with E-state index in [1.807, 2.05) is 66.7 Å². The Labute approximate surface area is 247 Å². The molecule has 0 heterocycles. The van der Waals surface area contributed by atoms with Gasteiger partial charge < -0.3 is 0 Å². The van der Waals surface area contributed by atoms with Crippen LogP contribution in [0.15, 0.2) is 78.9 Å². The molecular weight excluding hydrogens is 587 g/mol. The normalized spacial score (nSPS) is 13.8. The van der Waals surface area contributed by atoms with Crippen molar-refractivity contribution in [1.82, 2.24) is 10.6 Å². The summed E-state index contributed by atoms with van der Waals surface area (Å²) < 4.78 is 11.0. The zero-order valence-electron chi connectivity index (χ0n) is 23.5. The second kappa shape index (κ2) is 13.7. The van der Waals surface area contributed by atoms with E-state index < -0.39 is 29.8 Å². The number of carboxylic acids is 1. The molecule has 8 nitrogen and oxygen atoms in total. The molecule has 0 saturated heterocycles. The van der Waals surface area contributed by atoms with E-state index in [2.05, 4.69) is 22.8 Å². The summed E-state index contributed by atoms with van der Waals surface area (Å²) in [5.41, 5.74) is 4.83. The Hall–Kier alpha value is -3.81. The van der Waals surface area contributed by atoms with Gasteiger partial charge in [-0.3, -0.25) is 0 Å². The standard InChI is InChI=1S/C32H36N2O6Se/c1-32(2,3)40-31(38)33-22(17-21-11-5-4-6-12-21)19-41-20-28(29(35)36)34-30(37)39-18-27-25-15-9-7-13-23(25)24-14-8-10-16-26(24)27/h4-16,22,27-28H,17-20H2,1-3H3,(H,33,38)(H,34,37)(H,35,36)/t22-,28-/m0/s1. The molecule has 0 bridgehead atoms. The predicted octanol–water partition coefficient (Wildman–Crippen LogP) is 5.66. The Morgan fingerprint density at radius 3 is 2.00 bits per heavy atom. The summed E-state index contributed by atoms with van der Waals surface area (Å²) >= 11 is -0.200. The molecule has 0 saturated carbocycles. The number of carboxylic acid groups (broad SMARTS) is 1. The van der Waals surface area contributed by atoms with Crippen LogP contribution in [0.3, 0.4) is 0 Å². The Morgan fingerprint density at radius 2 is 1.41 bits per heavy atom. The van der Waals surface area contributed by atoms with Gasteiger partial charge in [-0.2, -0.15) is 0 Å². The van der Waals surface area contributed by atoms with Crippen molar-refractivity contribution in [2.75, 3.05) is 6.61 Å². The molecule has 9 heteroatoms. The minimum absolute atomic E-state index is 0.107. The first-order chi connectivity index (χ1) is 19.6. The minimum atomic E-state index is -1.12. The van der Waals surface area contributed by atoms with Crippen molar-refractivity contribution in [3.05, 3.63) is 95.6 Å². The fourth-order valence-electron chi connectivity index (χ4n) is 4.81. The van der Waals surface area contributed by atoms with Gasteiger partial charge in [0.15, 0.2) is 0 Å². The summed E-state index contributed by atoms with van der Waals surface area (Å²) in [6.07, 6.45) is -0.692. The molecule has 41 heavy (non-hydrogen) atoms. The van der Waals surface area contributed by atoms with Crippen LogP contribution in [0.5, 0.6) is 0 Å². The van der Waals surface area contributed by atoms with E-state index >= 15 is 0 Å². The van der Waals surface area contributed by atoms with Crippen LogP contribution in [0.1, 0.15) is 43.4 Å². The molecule has 0 aliphatic heterocycles. The van der Waals surface area contributed by atoms with Gasteiger partial charge in [0.2, 0.25) is 0 Å². The van der Waals surface area contributed by atoms with Gasteiger partial charge in [0.1, 0.15) is 0 Å². The second-order valence-corrected chi connectivity index (χ2v) is 13.2. The van der Waals surface area contributed by atoms with Gasteiger partial charge in [-0.1, -0.05) is 0 Å². The van der Waals surface area contributed by atoms with Crippen LogP contribution in [-0.2, 0) is 20.7 Å². The number of alkyl carbamates (subject to hydrolysis) is 2. The molecule has 2 amide bonds. The third-order valence-electron chi connectivity index (χ3n) is 6.58. The maximum absolute atomic E-state index is 12.7. The van der Waals surface area contributed by atoms with E-state index in [1.165, 1.54) is 0 Å². The van der Waals surface area contributed by atoms with Gasteiger partial charge in [0.25, 0.3) is 0 Å². The number of hydrogen-bond donors (Lipinski definition) is 3. The SMILES string of the molecule is CC(C)(C)OC(=O)N[C@H](C[Se]C[C@H](NC(=O)OCC1c2ccccc2-c2ccccc21)C(=O)O)Cc1ccccc1. The van der Waals surface area contributed by atoms with E-state index in [1.54, 1.807) is 20.8 Å². The summed E-state index contributed by atoms with van der Waals surface area (Å²) in [6, 6.07) is 24.5. The maximum atomic E-state index is 12.7. The monoisotopic (exact) mass is 624 g/mol. The first kappa shape index (κ1) is 30.2. The quantitative estimate of drug-likeness (QED) is 0.238. The molecule has 0 spiro atoms. The molecule has 1 aliphatic rings. The van der Waals surface area contributed by atoms with Crippen molar-refractivity contribution in [3.8, 4) is 11.1 Å². The van der Waals surface area contributed by atoms with Crippen molar-refractivity contribution in [3.63, 3.8) is 0 Å². The number of hydrogen-bond acceptors (Lipinski definition) is 5. The van der Waals surface area contributed by atoms with Gasteiger partial charge in [0.05, 0.1) is 0 Å². The first-order valence-electron chi connectivity index (χ1n) is 13.6. The number of carbonyl (C=O) groups excluding carboxylic acids is 2. The number of benzene rings is 3. The van der Waals surface area contributed by atoms with Gasteiger partial charge >= 0.3 is 247 Å². The number of carbonyl (C=O) groups is 3. The molecule has 0 radical (unpaired) electrons. The zero-order valence-corrected chi connectivity index (χ0v) is 25.2. The van der Waals surface area contributed by atoms with Crippen LogP contribution in [0, 0.1) is 0 Å². The van der Waals surface area contributed by atoms with Crippen molar-refractivity contribution in [2.45, 2.75) is 61.4 Å². The molecule has 4 rings (SSSR count). The average Bonchev–Trinajstić information content (AvgIpc) is 3.24. The summed E-state index contributed by atoms with van der Waals surface area (Å²) in [4.78, 5) is 37.1. The fraction of sp³-hybridized carbons (Fsp3) is 0.344. The van der Waals surface area contributed by atoms with Crippen LogP contribution < -0.4 is 10.6 Å². The van der Waals surface area contributed by atoms with Crippen LogP contribution >= 0.6 is 0 Å². The van der Waals surface area contributed by atoms with Gasteiger partial charge in [-0.05, 0) is 0 Å². The van der Waals surface area contributed by atoms with E-state index in [0.717, 1.165) is 27.8 Å². The third-order valence-corrected chi connectivity index (χ3v) is 9.12. The Kier molecular flexibility index (Phi) is 10.1. The average molecular weight is 624 g/mol. The van der Waals surface area contributed by atoms with Crippen LogP contribution in [0.25, 0.3) is 11.1 Å².